The molecule has 0 saturated carbocycles. The van der Waals surface area contributed by atoms with Crippen molar-refractivity contribution in [3.8, 4) is 5.75 Å². The Kier molecular flexibility index (Phi) is 4.80. The standard InChI is InChI=1S/C20H24N6O2/c1-3-18(27-10-9-24-8-6-21-15-24)4-2-16(1)12-25-7-5-20-19(13-25)26-17(14-28-20)11-22-23-26/h1-4,6,8,11,15,19-20H,5,7,9-10,12-14H2/t19-,20+/m0/s1. The van der Waals surface area contributed by atoms with Crippen LogP contribution < -0.4 is 4.74 Å². The highest BCUT2D eigenvalue weighted by molar-refractivity contribution is 5.27. The van der Waals surface area contributed by atoms with Gasteiger partial charge in [0.25, 0.3) is 0 Å². The van der Waals surface area contributed by atoms with Crippen molar-refractivity contribution >= 4 is 0 Å². The van der Waals surface area contributed by atoms with Crippen LogP contribution in [-0.2, 0) is 24.4 Å². The molecule has 0 N–H and O–H groups in total. The first-order valence-corrected chi connectivity index (χ1v) is 9.76. The molecule has 0 unspecified atom stereocenters. The Balaban J connectivity index is 1.16. The third-order valence-electron chi connectivity index (χ3n) is 5.52. The van der Waals surface area contributed by atoms with Gasteiger partial charge in [-0.15, -0.1) is 5.10 Å². The van der Waals surface area contributed by atoms with E-state index < -0.39 is 0 Å². The molecule has 1 aromatic carbocycles. The third kappa shape index (κ3) is 3.65. The van der Waals surface area contributed by atoms with E-state index in [0.717, 1.165) is 44.0 Å². The highest BCUT2D eigenvalue weighted by Gasteiger charge is 2.36. The number of fused-ring (bicyclic) bond motifs is 3. The molecule has 4 heterocycles. The number of nitrogens with zero attached hydrogens (tertiary/aromatic N) is 6. The van der Waals surface area contributed by atoms with Crippen molar-refractivity contribution in [3.63, 3.8) is 0 Å². The Morgan fingerprint density at radius 3 is 3.00 bits per heavy atom. The Hall–Kier alpha value is -2.71. The molecule has 1 saturated heterocycles. The molecule has 0 radical (unpaired) electrons. The molecule has 8 nitrogen and oxygen atoms in total. The summed E-state index contributed by atoms with van der Waals surface area (Å²) in [5.41, 5.74) is 2.36. The van der Waals surface area contributed by atoms with Gasteiger partial charge in [0.2, 0.25) is 0 Å². The van der Waals surface area contributed by atoms with E-state index in [9.17, 15) is 0 Å². The molecule has 5 rings (SSSR count). The van der Waals surface area contributed by atoms with Crippen LogP contribution >= 0.6 is 0 Å². The van der Waals surface area contributed by atoms with Crippen LogP contribution in [0.3, 0.4) is 0 Å². The van der Waals surface area contributed by atoms with Crippen LogP contribution in [-0.4, -0.2) is 55.2 Å². The van der Waals surface area contributed by atoms with Gasteiger partial charge in [0.15, 0.2) is 0 Å². The number of rotatable bonds is 6. The summed E-state index contributed by atoms with van der Waals surface area (Å²) in [5, 5.41) is 8.33. The van der Waals surface area contributed by atoms with E-state index in [1.54, 1.807) is 18.7 Å². The van der Waals surface area contributed by atoms with Crippen molar-refractivity contribution in [2.75, 3.05) is 19.7 Å². The molecule has 2 aromatic heterocycles. The largest absolute Gasteiger partial charge is 0.492 e. The van der Waals surface area contributed by atoms with E-state index >= 15 is 0 Å². The number of hydrogen-bond acceptors (Lipinski definition) is 6. The average Bonchev–Trinajstić information content (AvgIpc) is 3.41. The van der Waals surface area contributed by atoms with Gasteiger partial charge in [-0.25, -0.2) is 9.67 Å². The third-order valence-corrected chi connectivity index (χ3v) is 5.52. The van der Waals surface area contributed by atoms with Gasteiger partial charge in [0.05, 0.1) is 43.5 Å². The Morgan fingerprint density at radius 1 is 1.21 bits per heavy atom. The lowest BCUT2D eigenvalue weighted by atomic mass is 10.00. The van der Waals surface area contributed by atoms with Crippen LogP contribution in [0, 0.1) is 0 Å². The van der Waals surface area contributed by atoms with Crippen LogP contribution in [0.4, 0.5) is 0 Å². The molecule has 0 aliphatic carbocycles. The molecule has 8 heteroatoms. The van der Waals surface area contributed by atoms with E-state index in [1.165, 1.54) is 5.56 Å². The van der Waals surface area contributed by atoms with E-state index in [1.807, 2.05) is 10.8 Å². The molecule has 28 heavy (non-hydrogen) atoms. The lowest BCUT2D eigenvalue weighted by Crippen LogP contribution is -2.47. The number of benzene rings is 1. The summed E-state index contributed by atoms with van der Waals surface area (Å²) in [6.45, 7) is 4.94. The first-order valence-electron chi connectivity index (χ1n) is 9.76. The minimum atomic E-state index is 0.247. The normalized spacial score (nSPS) is 21.9. The van der Waals surface area contributed by atoms with Crippen molar-refractivity contribution in [2.45, 2.75) is 38.3 Å². The number of likely N-dealkylation sites (tertiary alicyclic amines) is 1. The number of ether oxygens (including phenoxy) is 2. The zero-order chi connectivity index (χ0) is 18.8. The van der Waals surface area contributed by atoms with Gasteiger partial charge in [-0.1, -0.05) is 17.3 Å². The number of piperidine rings is 1. The molecule has 1 fully saturated rings. The summed E-state index contributed by atoms with van der Waals surface area (Å²) in [4.78, 5) is 6.50. The van der Waals surface area contributed by atoms with Gasteiger partial charge in [-0.3, -0.25) is 4.90 Å². The number of aromatic nitrogens is 5. The summed E-state index contributed by atoms with van der Waals surface area (Å²) < 4.78 is 15.9. The first kappa shape index (κ1) is 17.4. The maximum absolute atomic E-state index is 6.00. The fraction of sp³-hybridized carbons (Fsp3) is 0.450. The van der Waals surface area contributed by atoms with Gasteiger partial charge in [0.1, 0.15) is 12.4 Å². The SMILES string of the molecule is c1cn(CCOc2ccc(CN3CC[C@H]4OCc5cnnn5[C@H]4C3)cc2)cn1. The van der Waals surface area contributed by atoms with Gasteiger partial charge < -0.3 is 14.0 Å². The second-order valence-corrected chi connectivity index (χ2v) is 7.40. The summed E-state index contributed by atoms with van der Waals surface area (Å²) in [6, 6.07) is 8.66. The number of imidazole rings is 1. The Labute approximate surface area is 163 Å². The molecule has 2 aliphatic rings. The monoisotopic (exact) mass is 380 g/mol. The minimum Gasteiger partial charge on any atom is -0.492 e. The lowest BCUT2D eigenvalue weighted by Gasteiger charge is -2.41. The summed E-state index contributed by atoms with van der Waals surface area (Å²) in [7, 11) is 0. The molecule has 0 amide bonds. The Morgan fingerprint density at radius 2 is 2.14 bits per heavy atom. The summed E-state index contributed by atoms with van der Waals surface area (Å²) >= 11 is 0. The van der Waals surface area contributed by atoms with E-state index in [-0.39, 0.29) is 12.1 Å². The fourth-order valence-corrected chi connectivity index (χ4v) is 4.03. The van der Waals surface area contributed by atoms with Gasteiger partial charge in [-0.05, 0) is 24.1 Å². The van der Waals surface area contributed by atoms with Crippen molar-refractivity contribution in [1.82, 2.24) is 29.4 Å². The molecule has 0 bridgehead atoms. The number of hydrogen-bond donors (Lipinski definition) is 0. The summed E-state index contributed by atoms with van der Waals surface area (Å²) in [5.74, 6) is 0.899. The second-order valence-electron chi connectivity index (χ2n) is 7.40. The van der Waals surface area contributed by atoms with Crippen molar-refractivity contribution < 1.29 is 9.47 Å². The van der Waals surface area contributed by atoms with E-state index in [0.29, 0.717) is 13.2 Å². The van der Waals surface area contributed by atoms with E-state index in [4.69, 9.17) is 9.47 Å². The molecule has 2 aliphatic heterocycles. The molecule has 146 valence electrons. The van der Waals surface area contributed by atoms with Crippen LogP contribution in [0.2, 0.25) is 0 Å². The van der Waals surface area contributed by atoms with Gasteiger partial charge >= 0.3 is 0 Å². The van der Waals surface area contributed by atoms with Crippen LogP contribution in [0.25, 0.3) is 0 Å². The predicted octanol–water partition coefficient (Wildman–Crippen LogP) is 1.90. The zero-order valence-corrected chi connectivity index (χ0v) is 15.7. The summed E-state index contributed by atoms with van der Waals surface area (Å²) in [6.07, 6.45) is 8.60. The fourth-order valence-electron chi connectivity index (χ4n) is 4.03. The smallest absolute Gasteiger partial charge is 0.119 e. The molecule has 2 atom stereocenters. The first-order chi connectivity index (χ1) is 13.8. The van der Waals surface area contributed by atoms with Crippen LogP contribution in [0.5, 0.6) is 5.75 Å². The predicted molar refractivity (Wildman–Crippen MR) is 102 cm³/mol. The van der Waals surface area contributed by atoms with Crippen molar-refractivity contribution in [3.05, 3.63) is 60.4 Å². The maximum Gasteiger partial charge on any atom is 0.119 e. The van der Waals surface area contributed by atoms with Crippen molar-refractivity contribution in [1.29, 1.82) is 0 Å². The minimum absolute atomic E-state index is 0.247. The topological polar surface area (TPSA) is 70.2 Å². The van der Waals surface area contributed by atoms with Crippen LogP contribution in [0.15, 0.2) is 49.2 Å². The van der Waals surface area contributed by atoms with Gasteiger partial charge in [-0.2, -0.15) is 0 Å². The van der Waals surface area contributed by atoms with E-state index in [2.05, 4.69) is 49.1 Å². The quantitative estimate of drug-likeness (QED) is 0.651. The maximum atomic E-state index is 6.00. The van der Waals surface area contributed by atoms with Gasteiger partial charge in [0, 0.05) is 32.0 Å². The average molecular weight is 380 g/mol. The highest BCUT2D eigenvalue weighted by atomic mass is 16.5. The molecular weight excluding hydrogens is 356 g/mol. The highest BCUT2D eigenvalue weighted by Crippen LogP contribution is 2.30. The Bertz CT molecular complexity index is 892. The van der Waals surface area contributed by atoms with Crippen molar-refractivity contribution in [2.24, 2.45) is 0 Å². The lowest BCUT2D eigenvalue weighted by molar-refractivity contribution is -0.0669. The zero-order valence-electron chi connectivity index (χ0n) is 15.7. The molecule has 0 spiro atoms. The second kappa shape index (κ2) is 7.73. The molecular formula is C20H24N6O2. The molecule has 3 aromatic rings. The van der Waals surface area contributed by atoms with Crippen LogP contribution in [0.1, 0.15) is 23.7 Å².